The van der Waals surface area contributed by atoms with Gasteiger partial charge in [-0.15, -0.1) is 0 Å². The van der Waals surface area contributed by atoms with Gasteiger partial charge in [0.15, 0.2) is 0 Å². The lowest BCUT2D eigenvalue weighted by Gasteiger charge is -2.16. The summed E-state index contributed by atoms with van der Waals surface area (Å²) in [5, 5.41) is 5.42. The first-order valence-electron chi connectivity index (χ1n) is 7.14. The van der Waals surface area contributed by atoms with Crippen molar-refractivity contribution in [2.75, 3.05) is 10.6 Å². The van der Waals surface area contributed by atoms with Crippen molar-refractivity contribution in [3.8, 4) is 0 Å². The van der Waals surface area contributed by atoms with Crippen LogP contribution in [0, 0.1) is 0 Å². The van der Waals surface area contributed by atoms with E-state index in [1.807, 2.05) is 30.3 Å². The zero-order valence-electron chi connectivity index (χ0n) is 12.0. The third-order valence-electron chi connectivity index (χ3n) is 3.92. The number of nitrogens with two attached hydrogens (primary N) is 1. The zero-order chi connectivity index (χ0) is 15.6. The number of carbonyl (C=O) groups is 2. The predicted molar refractivity (Wildman–Crippen MR) is 85.6 cm³/mol. The van der Waals surface area contributed by atoms with E-state index in [1.54, 1.807) is 24.3 Å². The molecule has 0 radical (unpaired) electrons. The Morgan fingerprint density at radius 1 is 0.864 bits per heavy atom. The molecular weight excluding hydrogens is 278 g/mol. The lowest BCUT2D eigenvalue weighted by atomic mass is 9.95. The number of amides is 3. The van der Waals surface area contributed by atoms with Crippen molar-refractivity contribution in [2.24, 2.45) is 5.73 Å². The minimum absolute atomic E-state index is 0.00862. The Morgan fingerprint density at radius 3 is 1.91 bits per heavy atom. The summed E-state index contributed by atoms with van der Waals surface area (Å²) in [5.74, 6) is 0.00862. The van der Waals surface area contributed by atoms with Gasteiger partial charge < -0.3 is 16.4 Å². The predicted octanol–water partition coefficient (Wildman–Crippen LogP) is 2.85. The molecule has 3 amide bonds. The molecule has 0 aliphatic heterocycles. The summed E-state index contributed by atoms with van der Waals surface area (Å²) >= 11 is 0. The first kappa shape index (κ1) is 14.1. The summed E-state index contributed by atoms with van der Waals surface area (Å²) in [6, 6.07) is 16.1. The standard InChI is InChI=1S/C17H17N3O2/c18-16(22)20-14-8-6-13(7-9-14)19-15(21)17(10-11-17)12-4-2-1-3-5-12/h1-9H,10-11H2,(H,19,21)(H3,18,20,22). The van der Waals surface area contributed by atoms with Gasteiger partial charge in [-0.2, -0.15) is 0 Å². The number of anilines is 2. The van der Waals surface area contributed by atoms with Crippen LogP contribution in [0.25, 0.3) is 0 Å². The van der Waals surface area contributed by atoms with Crippen molar-refractivity contribution < 1.29 is 9.59 Å². The van der Waals surface area contributed by atoms with Gasteiger partial charge in [0.1, 0.15) is 0 Å². The van der Waals surface area contributed by atoms with Crippen molar-refractivity contribution >= 4 is 23.3 Å². The Kier molecular flexibility index (Phi) is 3.55. The fourth-order valence-corrected chi connectivity index (χ4v) is 2.56. The minimum atomic E-state index is -0.613. The van der Waals surface area contributed by atoms with E-state index in [1.165, 1.54) is 0 Å². The maximum atomic E-state index is 12.6. The van der Waals surface area contributed by atoms with Crippen LogP contribution >= 0.6 is 0 Å². The molecule has 0 heterocycles. The number of hydrogen-bond donors (Lipinski definition) is 3. The quantitative estimate of drug-likeness (QED) is 0.810. The first-order chi connectivity index (χ1) is 10.6. The molecule has 0 aromatic heterocycles. The van der Waals surface area contributed by atoms with E-state index in [0.717, 1.165) is 18.4 Å². The van der Waals surface area contributed by atoms with Gasteiger partial charge in [-0.1, -0.05) is 30.3 Å². The van der Waals surface area contributed by atoms with Crippen molar-refractivity contribution in [1.29, 1.82) is 0 Å². The average Bonchev–Trinajstić information content (AvgIpc) is 3.31. The Labute approximate surface area is 128 Å². The van der Waals surface area contributed by atoms with E-state index in [-0.39, 0.29) is 5.91 Å². The number of urea groups is 1. The van der Waals surface area contributed by atoms with Gasteiger partial charge in [-0.3, -0.25) is 4.79 Å². The van der Waals surface area contributed by atoms with Crippen LogP contribution in [-0.2, 0) is 10.2 Å². The van der Waals surface area contributed by atoms with Crippen LogP contribution in [0.3, 0.4) is 0 Å². The molecule has 3 rings (SSSR count). The molecule has 5 heteroatoms. The zero-order valence-corrected chi connectivity index (χ0v) is 12.0. The van der Waals surface area contributed by atoms with E-state index < -0.39 is 11.4 Å². The molecule has 5 nitrogen and oxygen atoms in total. The van der Waals surface area contributed by atoms with Crippen molar-refractivity contribution in [3.63, 3.8) is 0 Å². The number of rotatable bonds is 4. The molecule has 0 saturated heterocycles. The highest BCUT2D eigenvalue weighted by atomic mass is 16.2. The van der Waals surface area contributed by atoms with E-state index in [2.05, 4.69) is 10.6 Å². The molecule has 22 heavy (non-hydrogen) atoms. The van der Waals surface area contributed by atoms with Gasteiger partial charge in [0.25, 0.3) is 0 Å². The molecule has 1 aliphatic rings. The van der Waals surface area contributed by atoms with Crippen molar-refractivity contribution in [3.05, 3.63) is 60.2 Å². The summed E-state index contributed by atoms with van der Waals surface area (Å²) in [5.41, 5.74) is 7.00. The Morgan fingerprint density at radius 2 is 1.41 bits per heavy atom. The van der Waals surface area contributed by atoms with E-state index in [9.17, 15) is 9.59 Å². The number of benzene rings is 2. The van der Waals surface area contributed by atoms with E-state index in [4.69, 9.17) is 5.73 Å². The Bertz CT molecular complexity index is 692. The van der Waals surface area contributed by atoms with Crippen LogP contribution in [0.2, 0.25) is 0 Å². The third kappa shape index (κ3) is 2.79. The molecule has 0 bridgehead atoms. The molecule has 2 aromatic carbocycles. The van der Waals surface area contributed by atoms with Crippen molar-refractivity contribution in [1.82, 2.24) is 0 Å². The number of nitrogens with one attached hydrogen (secondary N) is 2. The van der Waals surface area contributed by atoms with Crippen LogP contribution in [0.15, 0.2) is 54.6 Å². The molecule has 4 N–H and O–H groups in total. The normalized spacial score (nSPS) is 14.9. The fourth-order valence-electron chi connectivity index (χ4n) is 2.56. The van der Waals surface area contributed by atoms with Crippen LogP contribution in [0.4, 0.5) is 16.2 Å². The molecule has 1 aliphatic carbocycles. The monoisotopic (exact) mass is 295 g/mol. The SMILES string of the molecule is NC(=O)Nc1ccc(NC(=O)C2(c3ccccc3)CC2)cc1. The second-order valence-electron chi connectivity index (χ2n) is 5.47. The molecule has 112 valence electrons. The second kappa shape index (κ2) is 5.52. The summed E-state index contributed by atoms with van der Waals surface area (Å²) < 4.78 is 0. The van der Waals surface area contributed by atoms with Crippen molar-refractivity contribution in [2.45, 2.75) is 18.3 Å². The molecule has 1 fully saturated rings. The second-order valence-corrected chi connectivity index (χ2v) is 5.47. The summed E-state index contributed by atoms with van der Waals surface area (Å²) in [7, 11) is 0. The maximum absolute atomic E-state index is 12.6. The number of carbonyl (C=O) groups excluding carboxylic acids is 2. The first-order valence-corrected chi connectivity index (χ1v) is 7.14. The summed E-state index contributed by atoms with van der Waals surface area (Å²) in [6.45, 7) is 0. The maximum Gasteiger partial charge on any atom is 0.316 e. The lowest BCUT2D eigenvalue weighted by Crippen LogP contribution is -2.27. The molecule has 0 spiro atoms. The highest BCUT2D eigenvalue weighted by Crippen LogP contribution is 2.48. The largest absolute Gasteiger partial charge is 0.351 e. The van der Waals surface area contributed by atoms with Crippen LogP contribution in [0.1, 0.15) is 18.4 Å². The fraction of sp³-hybridized carbons (Fsp3) is 0.176. The Balaban J connectivity index is 1.71. The van der Waals surface area contributed by atoms with Gasteiger partial charge in [0.05, 0.1) is 5.41 Å². The molecule has 0 unspecified atom stereocenters. The third-order valence-corrected chi connectivity index (χ3v) is 3.92. The minimum Gasteiger partial charge on any atom is -0.351 e. The summed E-state index contributed by atoms with van der Waals surface area (Å²) in [6.07, 6.45) is 1.73. The molecule has 0 atom stereocenters. The summed E-state index contributed by atoms with van der Waals surface area (Å²) in [4.78, 5) is 23.3. The van der Waals surface area contributed by atoms with E-state index in [0.29, 0.717) is 11.4 Å². The van der Waals surface area contributed by atoms with Crippen LogP contribution < -0.4 is 16.4 Å². The van der Waals surface area contributed by atoms with Crippen LogP contribution in [0.5, 0.6) is 0 Å². The van der Waals surface area contributed by atoms with Gasteiger partial charge >= 0.3 is 6.03 Å². The lowest BCUT2D eigenvalue weighted by molar-refractivity contribution is -0.118. The molecule has 2 aromatic rings. The number of primary amides is 1. The smallest absolute Gasteiger partial charge is 0.316 e. The van der Waals surface area contributed by atoms with Gasteiger partial charge in [-0.05, 0) is 42.7 Å². The van der Waals surface area contributed by atoms with E-state index >= 15 is 0 Å². The number of hydrogen-bond acceptors (Lipinski definition) is 2. The average molecular weight is 295 g/mol. The highest BCUT2D eigenvalue weighted by molar-refractivity contribution is 6.01. The molecular formula is C17H17N3O2. The van der Waals surface area contributed by atoms with Gasteiger partial charge in [0.2, 0.25) is 5.91 Å². The Hall–Kier alpha value is -2.82. The van der Waals surface area contributed by atoms with Gasteiger partial charge in [0, 0.05) is 11.4 Å². The van der Waals surface area contributed by atoms with Gasteiger partial charge in [-0.25, -0.2) is 4.79 Å². The molecule has 1 saturated carbocycles. The topological polar surface area (TPSA) is 84.2 Å². The van der Waals surface area contributed by atoms with Crippen LogP contribution in [-0.4, -0.2) is 11.9 Å². The highest BCUT2D eigenvalue weighted by Gasteiger charge is 2.51.